The average Bonchev–Trinajstić information content (AvgIpc) is 2.24. The molecule has 0 unspecified atom stereocenters. The molecule has 2 N–H and O–H groups in total. The third-order valence-electron chi connectivity index (χ3n) is 2.16. The number of halogens is 1. The largest absolute Gasteiger partial charge is 0.456 e. The lowest BCUT2D eigenvalue weighted by Crippen LogP contribution is -2.24. The molecule has 8 nitrogen and oxygen atoms in total. The Morgan fingerprint density at radius 3 is 2.29 bits per heavy atom. The van der Waals surface area contributed by atoms with Gasteiger partial charge in [0.1, 0.15) is 15.5 Å². The number of hydrogen-bond donors (Lipinski definition) is 1. The molecule has 21 heavy (non-hydrogen) atoms. The van der Waals surface area contributed by atoms with E-state index in [-0.39, 0.29) is 5.56 Å². The van der Waals surface area contributed by atoms with Crippen molar-refractivity contribution >= 4 is 33.3 Å². The third kappa shape index (κ3) is 4.38. The van der Waals surface area contributed by atoms with Crippen LogP contribution in [0.5, 0.6) is 0 Å². The van der Waals surface area contributed by atoms with Crippen molar-refractivity contribution in [1.82, 2.24) is 0 Å². The molecule has 0 aliphatic carbocycles. The van der Waals surface area contributed by atoms with Crippen molar-refractivity contribution in [3.8, 4) is 0 Å². The SMILES string of the molecule is CC(C)(C)OC(=O)c1cc([N+](=O)[O-])c(Cl)c(S(N)(=O)=O)c1. The van der Waals surface area contributed by atoms with E-state index in [0.717, 1.165) is 12.1 Å². The van der Waals surface area contributed by atoms with Crippen molar-refractivity contribution in [2.75, 3.05) is 0 Å². The number of sulfonamides is 1. The quantitative estimate of drug-likeness (QED) is 0.509. The van der Waals surface area contributed by atoms with Crippen LogP contribution < -0.4 is 5.14 Å². The fourth-order valence-electron chi connectivity index (χ4n) is 1.38. The van der Waals surface area contributed by atoms with E-state index in [9.17, 15) is 23.3 Å². The first-order valence-electron chi connectivity index (χ1n) is 5.57. The van der Waals surface area contributed by atoms with E-state index in [1.165, 1.54) is 0 Å². The Labute approximate surface area is 126 Å². The predicted molar refractivity (Wildman–Crippen MR) is 74.6 cm³/mol. The number of rotatable bonds is 3. The first-order valence-corrected chi connectivity index (χ1v) is 7.49. The van der Waals surface area contributed by atoms with Crippen LogP contribution in [-0.4, -0.2) is 24.9 Å². The molecule has 0 spiro atoms. The molecule has 0 aromatic heterocycles. The Balaban J connectivity index is 3.52. The van der Waals surface area contributed by atoms with Gasteiger partial charge in [0, 0.05) is 6.07 Å². The molecule has 0 saturated heterocycles. The van der Waals surface area contributed by atoms with Crippen molar-refractivity contribution in [3.63, 3.8) is 0 Å². The third-order valence-corrected chi connectivity index (χ3v) is 3.60. The van der Waals surface area contributed by atoms with E-state index < -0.39 is 42.1 Å². The second-order valence-corrected chi connectivity index (χ2v) is 7.02. The number of nitrogens with zero attached hydrogens (tertiary/aromatic N) is 1. The zero-order valence-electron chi connectivity index (χ0n) is 11.4. The maximum atomic E-state index is 11.9. The van der Waals surface area contributed by atoms with Crippen molar-refractivity contribution in [2.24, 2.45) is 5.14 Å². The highest BCUT2D eigenvalue weighted by Crippen LogP contribution is 2.32. The van der Waals surface area contributed by atoms with Gasteiger partial charge in [0.15, 0.2) is 0 Å². The molecule has 0 radical (unpaired) electrons. The second kappa shape index (κ2) is 5.58. The standard InChI is InChI=1S/C11H13ClN2O6S/c1-11(2,3)20-10(15)6-4-7(14(16)17)9(12)8(5-6)21(13,18)19/h4-5H,1-3H3,(H2,13,18,19). The summed E-state index contributed by atoms with van der Waals surface area (Å²) in [4.78, 5) is 21.2. The van der Waals surface area contributed by atoms with Gasteiger partial charge in [-0.3, -0.25) is 10.1 Å². The summed E-state index contributed by atoms with van der Waals surface area (Å²) < 4.78 is 27.8. The summed E-state index contributed by atoms with van der Waals surface area (Å²) in [5.74, 6) is -0.924. The summed E-state index contributed by atoms with van der Waals surface area (Å²) in [6.07, 6.45) is 0. The Bertz CT molecular complexity index is 708. The van der Waals surface area contributed by atoms with Crippen molar-refractivity contribution in [1.29, 1.82) is 0 Å². The minimum Gasteiger partial charge on any atom is -0.456 e. The fourth-order valence-corrected chi connectivity index (χ4v) is 2.52. The number of esters is 1. The Morgan fingerprint density at radius 2 is 1.90 bits per heavy atom. The monoisotopic (exact) mass is 336 g/mol. The molecular weight excluding hydrogens is 324 g/mol. The van der Waals surface area contributed by atoms with E-state index in [1.807, 2.05) is 0 Å². The van der Waals surface area contributed by atoms with Crippen LogP contribution in [0.4, 0.5) is 5.69 Å². The van der Waals surface area contributed by atoms with Crippen molar-refractivity contribution in [3.05, 3.63) is 32.8 Å². The average molecular weight is 337 g/mol. The van der Waals surface area contributed by atoms with Gasteiger partial charge in [-0.05, 0) is 26.8 Å². The highest BCUT2D eigenvalue weighted by molar-refractivity contribution is 7.89. The predicted octanol–water partition coefficient (Wildman–Crippen LogP) is 1.85. The topological polar surface area (TPSA) is 130 Å². The number of carbonyl (C=O) groups excluding carboxylic acids is 1. The number of ether oxygens (including phenoxy) is 1. The second-order valence-electron chi connectivity index (χ2n) is 5.11. The van der Waals surface area contributed by atoms with Gasteiger partial charge < -0.3 is 4.74 Å². The van der Waals surface area contributed by atoms with Gasteiger partial charge in [-0.1, -0.05) is 11.6 Å². The molecule has 1 aromatic carbocycles. The molecular formula is C11H13ClN2O6S. The van der Waals surface area contributed by atoms with Gasteiger partial charge in [0.2, 0.25) is 10.0 Å². The first kappa shape index (κ1) is 17.3. The number of nitro benzene ring substituents is 1. The maximum absolute atomic E-state index is 11.9. The van der Waals surface area contributed by atoms with Crippen LogP contribution in [0, 0.1) is 10.1 Å². The molecule has 0 bridgehead atoms. The number of nitrogens with two attached hydrogens (primary N) is 1. The Morgan fingerprint density at radius 1 is 1.38 bits per heavy atom. The number of nitro groups is 1. The molecule has 10 heteroatoms. The molecule has 0 aliphatic rings. The van der Waals surface area contributed by atoms with Crippen LogP contribution in [0.2, 0.25) is 5.02 Å². The lowest BCUT2D eigenvalue weighted by molar-refractivity contribution is -0.384. The minimum absolute atomic E-state index is 0.329. The van der Waals surface area contributed by atoms with Crippen LogP contribution in [0.25, 0.3) is 0 Å². The minimum atomic E-state index is -4.33. The first-order chi connectivity index (χ1) is 9.33. The van der Waals surface area contributed by atoms with E-state index in [2.05, 4.69) is 0 Å². The number of carbonyl (C=O) groups is 1. The molecule has 0 fully saturated rings. The summed E-state index contributed by atoms with van der Waals surface area (Å²) in [6, 6.07) is 1.68. The summed E-state index contributed by atoms with van der Waals surface area (Å²) in [7, 11) is -4.33. The maximum Gasteiger partial charge on any atom is 0.338 e. The molecule has 1 aromatic rings. The molecule has 116 valence electrons. The van der Waals surface area contributed by atoms with Gasteiger partial charge in [-0.15, -0.1) is 0 Å². The van der Waals surface area contributed by atoms with Crippen LogP contribution >= 0.6 is 11.6 Å². The van der Waals surface area contributed by atoms with Crippen LogP contribution in [0.3, 0.4) is 0 Å². The molecule has 0 heterocycles. The summed E-state index contributed by atoms with van der Waals surface area (Å²) in [6.45, 7) is 4.78. The van der Waals surface area contributed by atoms with Crippen molar-refractivity contribution in [2.45, 2.75) is 31.3 Å². The van der Waals surface area contributed by atoms with E-state index >= 15 is 0 Å². The lowest BCUT2D eigenvalue weighted by atomic mass is 10.1. The Hall–Kier alpha value is -1.71. The van der Waals surface area contributed by atoms with Crippen LogP contribution in [0.15, 0.2) is 17.0 Å². The number of benzene rings is 1. The molecule has 0 atom stereocenters. The van der Waals surface area contributed by atoms with Crippen LogP contribution in [-0.2, 0) is 14.8 Å². The van der Waals surface area contributed by atoms with Gasteiger partial charge in [0.25, 0.3) is 5.69 Å². The summed E-state index contributed by atoms with van der Waals surface area (Å²) in [5, 5.41) is 15.2. The van der Waals surface area contributed by atoms with Gasteiger partial charge in [-0.2, -0.15) is 0 Å². The number of hydrogen-bond acceptors (Lipinski definition) is 6. The zero-order chi connectivity index (χ0) is 16.6. The molecule has 0 saturated carbocycles. The van der Waals surface area contributed by atoms with E-state index in [4.69, 9.17) is 21.5 Å². The summed E-state index contributed by atoms with van der Waals surface area (Å²) >= 11 is 5.65. The van der Waals surface area contributed by atoms with Crippen molar-refractivity contribution < 1.29 is 22.9 Å². The van der Waals surface area contributed by atoms with Gasteiger partial charge >= 0.3 is 5.97 Å². The van der Waals surface area contributed by atoms with E-state index in [0.29, 0.717) is 0 Å². The Kier molecular flexibility index (Phi) is 4.61. The fraction of sp³-hybridized carbons (Fsp3) is 0.364. The molecule has 0 amide bonds. The highest BCUT2D eigenvalue weighted by Gasteiger charge is 2.28. The van der Waals surface area contributed by atoms with Gasteiger partial charge in [0.05, 0.1) is 10.5 Å². The summed E-state index contributed by atoms with van der Waals surface area (Å²) in [5.41, 5.74) is -1.93. The van der Waals surface area contributed by atoms with Gasteiger partial charge in [-0.25, -0.2) is 18.4 Å². The zero-order valence-corrected chi connectivity index (χ0v) is 13.0. The number of primary sulfonamides is 1. The smallest absolute Gasteiger partial charge is 0.338 e. The molecule has 0 aliphatic heterocycles. The van der Waals surface area contributed by atoms with E-state index in [1.54, 1.807) is 20.8 Å². The van der Waals surface area contributed by atoms with Crippen LogP contribution in [0.1, 0.15) is 31.1 Å². The normalized spacial score (nSPS) is 12.0. The highest BCUT2D eigenvalue weighted by atomic mass is 35.5. The molecule has 1 rings (SSSR count). The lowest BCUT2D eigenvalue weighted by Gasteiger charge is -2.19.